The van der Waals surface area contributed by atoms with Gasteiger partial charge < -0.3 is 0 Å². The van der Waals surface area contributed by atoms with Crippen molar-refractivity contribution in [3.8, 4) is 0 Å². The van der Waals surface area contributed by atoms with Crippen LogP contribution in [0.5, 0.6) is 0 Å². The molecular weight excluding hydrogens is 390 g/mol. The number of rotatable bonds is 5. The third-order valence-corrected chi connectivity index (χ3v) is 4.48. The molecule has 0 saturated carbocycles. The van der Waals surface area contributed by atoms with E-state index in [1.165, 1.54) is 18.2 Å². The summed E-state index contributed by atoms with van der Waals surface area (Å²) in [5.41, 5.74) is 2.05. The van der Waals surface area contributed by atoms with Gasteiger partial charge in [-0.05, 0) is 60.2 Å². The van der Waals surface area contributed by atoms with Crippen molar-refractivity contribution < 1.29 is 8.78 Å². The zero-order chi connectivity index (χ0) is 14.5. The van der Waals surface area contributed by atoms with Gasteiger partial charge in [-0.1, -0.05) is 44.0 Å². The van der Waals surface area contributed by atoms with E-state index in [1.807, 2.05) is 6.07 Å². The van der Waals surface area contributed by atoms with Crippen molar-refractivity contribution in [3.05, 3.63) is 69.7 Å². The molecule has 2 aromatic carbocycles. The molecule has 0 bridgehead atoms. The number of hydrogen-bond donors (Lipinski definition) is 0. The zero-order valence-corrected chi connectivity index (χ0v) is 13.9. The lowest BCUT2D eigenvalue weighted by molar-refractivity contribution is 0.579. The second-order valence-electron chi connectivity index (χ2n) is 4.83. The molecule has 20 heavy (non-hydrogen) atoms. The molecule has 0 aromatic heterocycles. The molecule has 0 N–H and O–H groups in total. The van der Waals surface area contributed by atoms with Crippen LogP contribution >= 0.6 is 31.9 Å². The Kier molecular flexibility index (Phi) is 5.73. The van der Waals surface area contributed by atoms with E-state index >= 15 is 0 Å². The summed E-state index contributed by atoms with van der Waals surface area (Å²) >= 11 is 6.81. The van der Waals surface area contributed by atoms with E-state index in [0.29, 0.717) is 5.92 Å². The van der Waals surface area contributed by atoms with Gasteiger partial charge in [-0.3, -0.25) is 0 Å². The average Bonchev–Trinajstić information content (AvgIpc) is 2.39. The van der Waals surface area contributed by atoms with E-state index in [2.05, 4.69) is 31.9 Å². The summed E-state index contributed by atoms with van der Waals surface area (Å²) in [6.45, 7) is 0. The largest absolute Gasteiger partial charge is 0.207 e. The van der Waals surface area contributed by atoms with Crippen molar-refractivity contribution in [2.75, 3.05) is 5.33 Å². The van der Waals surface area contributed by atoms with Crippen LogP contribution in [0.15, 0.2) is 46.9 Å². The van der Waals surface area contributed by atoms with Crippen molar-refractivity contribution >= 4 is 31.9 Å². The molecule has 0 aliphatic rings. The van der Waals surface area contributed by atoms with Crippen molar-refractivity contribution in [1.29, 1.82) is 0 Å². The van der Waals surface area contributed by atoms with Crippen LogP contribution in [-0.4, -0.2) is 5.33 Å². The summed E-state index contributed by atoms with van der Waals surface area (Å²) in [6, 6.07) is 11.5. The van der Waals surface area contributed by atoms with Gasteiger partial charge >= 0.3 is 0 Å². The number of hydrogen-bond acceptors (Lipinski definition) is 0. The summed E-state index contributed by atoms with van der Waals surface area (Å²) < 4.78 is 27.0. The predicted molar refractivity (Wildman–Crippen MR) is 85.2 cm³/mol. The second-order valence-corrected chi connectivity index (χ2v) is 6.40. The Hall–Kier alpha value is -0.740. The molecule has 1 atom stereocenters. The van der Waals surface area contributed by atoms with E-state index in [0.717, 1.165) is 33.8 Å². The summed E-state index contributed by atoms with van der Waals surface area (Å²) in [4.78, 5) is 0. The molecule has 0 spiro atoms. The smallest absolute Gasteiger partial charge is 0.124 e. The fraction of sp³-hybridized carbons (Fsp3) is 0.250. The highest BCUT2D eigenvalue weighted by Gasteiger charge is 2.11. The Balaban J connectivity index is 2.06. The lowest BCUT2D eigenvalue weighted by Gasteiger charge is -2.14. The minimum Gasteiger partial charge on any atom is -0.207 e. The van der Waals surface area contributed by atoms with Crippen LogP contribution in [0.1, 0.15) is 11.1 Å². The Morgan fingerprint density at radius 3 is 2.10 bits per heavy atom. The first-order valence-electron chi connectivity index (χ1n) is 6.32. The molecule has 0 saturated heterocycles. The minimum atomic E-state index is -0.232. The first-order chi connectivity index (χ1) is 9.56. The zero-order valence-electron chi connectivity index (χ0n) is 10.8. The first kappa shape index (κ1) is 15.6. The Morgan fingerprint density at radius 2 is 1.50 bits per heavy atom. The molecule has 0 heterocycles. The summed E-state index contributed by atoms with van der Waals surface area (Å²) in [5.74, 6) is -0.114. The standard InChI is InChI=1S/C16H14Br2F2/c17-10-13(5-11-1-3-15(19)4-2-11)6-12-7-14(18)9-16(20)8-12/h1-4,7-9,13H,5-6,10H2. The molecule has 2 aromatic rings. The highest BCUT2D eigenvalue weighted by atomic mass is 79.9. The minimum absolute atomic E-state index is 0.224. The van der Waals surface area contributed by atoms with E-state index in [-0.39, 0.29) is 11.6 Å². The van der Waals surface area contributed by atoms with Crippen LogP contribution in [0.2, 0.25) is 0 Å². The maximum absolute atomic E-state index is 13.4. The molecule has 4 heteroatoms. The molecule has 0 amide bonds. The molecule has 0 aliphatic heterocycles. The van der Waals surface area contributed by atoms with Crippen molar-refractivity contribution in [2.24, 2.45) is 5.92 Å². The fourth-order valence-corrected chi connectivity index (χ4v) is 3.17. The lowest BCUT2D eigenvalue weighted by Crippen LogP contribution is -2.10. The van der Waals surface area contributed by atoms with Crippen LogP contribution in [0.3, 0.4) is 0 Å². The quantitative estimate of drug-likeness (QED) is 0.576. The molecule has 0 radical (unpaired) electrons. The van der Waals surface area contributed by atoms with Gasteiger partial charge in [-0.15, -0.1) is 0 Å². The second kappa shape index (κ2) is 7.32. The molecular formula is C16H14Br2F2. The first-order valence-corrected chi connectivity index (χ1v) is 8.23. The van der Waals surface area contributed by atoms with Crippen LogP contribution in [0, 0.1) is 17.6 Å². The predicted octanol–water partition coefficient (Wildman–Crippen LogP) is 5.52. The van der Waals surface area contributed by atoms with E-state index in [9.17, 15) is 8.78 Å². The van der Waals surface area contributed by atoms with Gasteiger partial charge in [0.15, 0.2) is 0 Å². The Bertz CT molecular complexity index is 547. The van der Waals surface area contributed by atoms with Gasteiger partial charge in [0.1, 0.15) is 11.6 Å². The molecule has 0 aliphatic carbocycles. The SMILES string of the molecule is Fc1ccc(CC(CBr)Cc2cc(F)cc(Br)c2)cc1. The van der Waals surface area contributed by atoms with Crippen LogP contribution in [0.4, 0.5) is 8.78 Å². The fourth-order valence-electron chi connectivity index (χ4n) is 2.20. The van der Waals surface area contributed by atoms with Gasteiger partial charge in [0.25, 0.3) is 0 Å². The van der Waals surface area contributed by atoms with E-state index < -0.39 is 0 Å². The topological polar surface area (TPSA) is 0 Å². The molecule has 0 nitrogen and oxygen atoms in total. The van der Waals surface area contributed by atoms with Gasteiger partial charge in [0.2, 0.25) is 0 Å². The Labute approximate surface area is 134 Å². The van der Waals surface area contributed by atoms with Gasteiger partial charge in [-0.25, -0.2) is 8.78 Å². The maximum Gasteiger partial charge on any atom is 0.124 e. The third kappa shape index (κ3) is 4.67. The highest BCUT2D eigenvalue weighted by molar-refractivity contribution is 9.10. The van der Waals surface area contributed by atoms with E-state index in [1.54, 1.807) is 18.2 Å². The number of alkyl halides is 1. The van der Waals surface area contributed by atoms with Crippen LogP contribution in [0.25, 0.3) is 0 Å². The lowest BCUT2D eigenvalue weighted by atomic mass is 9.94. The van der Waals surface area contributed by atoms with Crippen molar-refractivity contribution in [1.82, 2.24) is 0 Å². The molecule has 106 valence electrons. The van der Waals surface area contributed by atoms with Gasteiger partial charge in [0, 0.05) is 9.80 Å². The summed E-state index contributed by atoms with van der Waals surface area (Å²) in [7, 11) is 0. The molecule has 0 fully saturated rings. The maximum atomic E-state index is 13.4. The molecule has 1 unspecified atom stereocenters. The Morgan fingerprint density at radius 1 is 0.850 bits per heavy atom. The van der Waals surface area contributed by atoms with Crippen molar-refractivity contribution in [3.63, 3.8) is 0 Å². The summed E-state index contributed by atoms with van der Waals surface area (Å²) in [5, 5.41) is 0.818. The number of halogens is 4. The summed E-state index contributed by atoms with van der Waals surface area (Å²) in [6.07, 6.45) is 1.61. The monoisotopic (exact) mass is 402 g/mol. The van der Waals surface area contributed by atoms with Gasteiger partial charge in [0.05, 0.1) is 0 Å². The van der Waals surface area contributed by atoms with Crippen molar-refractivity contribution in [2.45, 2.75) is 12.8 Å². The van der Waals surface area contributed by atoms with Crippen LogP contribution < -0.4 is 0 Å². The van der Waals surface area contributed by atoms with Gasteiger partial charge in [-0.2, -0.15) is 0 Å². The van der Waals surface area contributed by atoms with E-state index in [4.69, 9.17) is 0 Å². The average molecular weight is 404 g/mol. The third-order valence-electron chi connectivity index (χ3n) is 3.10. The molecule has 2 rings (SSSR count). The highest BCUT2D eigenvalue weighted by Crippen LogP contribution is 2.21. The number of benzene rings is 2. The normalized spacial score (nSPS) is 12.4. The van der Waals surface area contributed by atoms with Crippen LogP contribution in [-0.2, 0) is 12.8 Å².